The number of aromatic nitrogens is 1. The van der Waals surface area contributed by atoms with Gasteiger partial charge in [0, 0.05) is 29.1 Å². The maximum atomic E-state index is 12.3. The Morgan fingerprint density at radius 3 is 2.83 bits per heavy atom. The van der Waals surface area contributed by atoms with Gasteiger partial charge in [-0.05, 0) is 48.7 Å². The van der Waals surface area contributed by atoms with E-state index in [1.54, 1.807) is 30.3 Å². The van der Waals surface area contributed by atoms with E-state index in [2.05, 4.69) is 9.88 Å². The largest absolute Gasteiger partial charge is 0.351 e. The van der Waals surface area contributed by atoms with Crippen molar-refractivity contribution in [2.45, 2.75) is 31.7 Å². The second-order valence-corrected chi connectivity index (χ2v) is 6.40. The van der Waals surface area contributed by atoms with Crippen molar-refractivity contribution in [2.75, 3.05) is 5.32 Å². The zero-order chi connectivity index (χ0) is 16.9. The molecule has 0 aliphatic heterocycles. The van der Waals surface area contributed by atoms with Gasteiger partial charge in [0.1, 0.15) is 11.6 Å². The van der Waals surface area contributed by atoms with E-state index in [0.717, 1.165) is 5.56 Å². The monoisotopic (exact) mass is 339 g/mol. The molecule has 4 nitrogen and oxygen atoms in total. The predicted molar refractivity (Wildman–Crippen MR) is 95.6 cm³/mol. The first kappa shape index (κ1) is 16.4. The highest BCUT2D eigenvalue weighted by Gasteiger charge is 2.16. The van der Waals surface area contributed by atoms with Crippen LogP contribution in [0.25, 0.3) is 6.08 Å². The van der Waals surface area contributed by atoms with Crippen LogP contribution >= 0.6 is 11.6 Å². The van der Waals surface area contributed by atoms with Crippen LogP contribution in [0.3, 0.4) is 0 Å². The number of nitrogens with one attached hydrogen (secondary N) is 1. The Hall–Kier alpha value is -2.51. The van der Waals surface area contributed by atoms with E-state index in [1.807, 2.05) is 24.5 Å². The van der Waals surface area contributed by atoms with E-state index in [-0.39, 0.29) is 5.57 Å². The number of nitrogens with zero attached hydrogens (tertiary/aromatic N) is 2. The van der Waals surface area contributed by atoms with Crippen LogP contribution in [-0.2, 0) is 4.79 Å². The molecule has 1 saturated carbocycles. The lowest BCUT2D eigenvalue weighted by Gasteiger charge is -2.10. The Labute approximate surface area is 146 Å². The van der Waals surface area contributed by atoms with Gasteiger partial charge in [-0.1, -0.05) is 30.5 Å². The Kier molecular flexibility index (Phi) is 5.02. The van der Waals surface area contributed by atoms with Crippen LogP contribution in [0.15, 0.2) is 48.3 Å². The summed E-state index contributed by atoms with van der Waals surface area (Å²) in [7, 11) is 0. The Balaban J connectivity index is 1.74. The highest BCUT2D eigenvalue weighted by atomic mass is 35.5. The minimum atomic E-state index is -0.437. The molecule has 1 fully saturated rings. The highest BCUT2D eigenvalue weighted by molar-refractivity contribution is 6.31. The SMILES string of the molecule is N#C/C(=C\c1ccn(C2CCCC2)c1)C(=O)Nc1cccc(Cl)c1. The summed E-state index contributed by atoms with van der Waals surface area (Å²) in [6, 6.07) is 11.3. The maximum Gasteiger partial charge on any atom is 0.266 e. The number of anilines is 1. The summed E-state index contributed by atoms with van der Waals surface area (Å²) in [5.41, 5.74) is 1.50. The lowest BCUT2D eigenvalue weighted by atomic mass is 10.2. The van der Waals surface area contributed by atoms with Crippen LogP contribution in [-0.4, -0.2) is 10.5 Å². The van der Waals surface area contributed by atoms with E-state index in [1.165, 1.54) is 25.7 Å². The summed E-state index contributed by atoms with van der Waals surface area (Å²) < 4.78 is 2.18. The number of carbonyl (C=O) groups is 1. The zero-order valence-electron chi connectivity index (χ0n) is 13.2. The topological polar surface area (TPSA) is 57.8 Å². The third kappa shape index (κ3) is 3.87. The third-order valence-corrected chi connectivity index (χ3v) is 4.48. The lowest BCUT2D eigenvalue weighted by molar-refractivity contribution is -0.112. The molecule has 1 aromatic carbocycles. The molecule has 5 heteroatoms. The lowest BCUT2D eigenvalue weighted by Crippen LogP contribution is -2.13. The highest BCUT2D eigenvalue weighted by Crippen LogP contribution is 2.30. The van der Waals surface area contributed by atoms with Gasteiger partial charge in [-0.2, -0.15) is 5.26 Å². The molecule has 1 amide bonds. The molecule has 122 valence electrons. The molecule has 0 atom stereocenters. The molecule has 0 unspecified atom stereocenters. The minimum Gasteiger partial charge on any atom is -0.351 e. The Morgan fingerprint density at radius 1 is 1.33 bits per heavy atom. The number of carbonyl (C=O) groups excluding carboxylic acids is 1. The molecular weight excluding hydrogens is 322 g/mol. The van der Waals surface area contributed by atoms with E-state index in [4.69, 9.17) is 11.6 Å². The zero-order valence-corrected chi connectivity index (χ0v) is 14.0. The van der Waals surface area contributed by atoms with Crippen molar-refractivity contribution < 1.29 is 4.79 Å². The second-order valence-electron chi connectivity index (χ2n) is 5.96. The van der Waals surface area contributed by atoms with Crippen LogP contribution < -0.4 is 5.32 Å². The first-order valence-electron chi connectivity index (χ1n) is 8.02. The quantitative estimate of drug-likeness (QED) is 0.642. The molecule has 1 aromatic heterocycles. The van der Waals surface area contributed by atoms with Crippen molar-refractivity contribution in [3.05, 3.63) is 58.9 Å². The summed E-state index contributed by atoms with van der Waals surface area (Å²) in [4.78, 5) is 12.3. The van der Waals surface area contributed by atoms with Crippen molar-refractivity contribution in [2.24, 2.45) is 0 Å². The normalized spacial score (nSPS) is 15.2. The molecule has 0 spiro atoms. The van der Waals surface area contributed by atoms with Gasteiger partial charge in [0.2, 0.25) is 0 Å². The van der Waals surface area contributed by atoms with Gasteiger partial charge in [0.25, 0.3) is 5.91 Å². The summed E-state index contributed by atoms with van der Waals surface area (Å²) in [6.45, 7) is 0. The van der Waals surface area contributed by atoms with Crippen LogP contribution in [0.5, 0.6) is 0 Å². The molecular formula is C19H18ClN3O. The fourth-order valence-corrected chi connectivity index (χ4v) is 3.22. The molecule has 1 heterocycles. The van der Waals surface area contributed by atoms with E-state index in [9.17, 15) is 10.1 Å². The smallest absolute Gasteiger partial charge is 0.266 e. The molecule has 2 aromatic rings. The fourth-order valence-electron chi connectivity index (χ4n) is 3.03. The van der Waals surface area contributed by atoms with Crippen molar-refractivity contribution in [1.29, 1.82) is 5.26 Å². The van der Waals surface area contributed by atoms with Gasteiger partial charge in [-0.3, -0.25) is 4.79 Å². The number of rotatable bonds is 4. The average Bonchev–Trinajstić information content (AvgIpc) is 3.23. The molecule has 0 radical (unpaired) electrons. The van der Waals surface area contributed by atoms with Crippen LogP contribution in [0.4, 0.5) is 5.69 Å². The molecule has 0 bridgehead atoms. The fraction of sp³-hybridized carbons (Fsp3) is 0.263. The van der Waals surface area contributed by atoms with E-state index in [0.29, 0.717) is 16.8 Å². The third-order valence-electron chi connectivity index (χ3n) is 4.24. The number of benzene rings is 1. The predicted octanol–water partition coefficient (Wildman–Crippen LogP) is 4.80. The van der Waals surface area contributed by atoms with Crippen LogP contribution in [0.2, 0.25) is 5.02 Å². The summed E-state index contributed by atoms with van der Waals surface area (Å²) in [5, 5.41) is 12.5. The first-order valence-corrected chi connectivity index (χ1v) is 8.40. The number of hydrogen-bond donors (Lipinski definition) is 1. The molecule has 0 saturated heterocycles. The standard InChI is InChI=1S/C19H18ClN3O/c20-16-4-3-5-17(11-16)22-19(24)15(12-21)10-14-8-9-23(13-14)18-6-1-2-7-18/h3-5,8-11,13,18H,1-2,6-7H2,(H,22,24)/b15-10+. The first-order chi connectivity index (χ1) is 11.7. The minimum absolute atomic E-state index is 0.0687. The maximum absolute atomic E-state index is 12.3. The van der Waals surface area contributed by atoms with Crippen LogP contribution in [0.1, 0.15) is 37.3 Å². The summed E-state index contributed by atoms with van der Waals surface area (Å²) in [6.07, 6.45) is 10.5. The van der Waals surface area contributed by atoms with Gasteiger partial charge >= 0.3 is 0 Å². The van der Waals surface area contributed by atoms with E-state index < -0.39 is 5.91 Å². The number of hydrogen-bond acceptors (Lipinski definition) is 2. The Bertz CT molecular complexity index is 810. The van der Waals surface area contributed by atoms with Crippen molar-refractivity contribution >= 4 is 29.3 Å². The van der Waals surface area contributed by atoms with Gasteiger partial charge in [-0.15, -0.1) is 0 Å². The van der Waals surface area contributed by atoms with Crippen molar-refractivity contribution in [3.63, 3.8) is 0 Å². The number of amides is 1. The summed E-state index contributed by atoms with van der Waals surface area (Å²) in [5.74, 6) is -0.437. The molecule has 1 aliphatic carbocycles. The van der Waals surface area contributed by atoms with Crippen LogP contribution in [0, 0.1) is 11.3 Å². The second kappa shape index (κ2) is 7.37. The molecule has 1 N–H and O–H groups in total. The van der Waals surface area contributed by atoms with Crippen molar-refractivity contribution in [3.8, 4) is 6.07 Å². The van der Waals surface area contributed by atoms with Gasteiger partial charge < -0.3 is 9.88 Å². The summed E-state index contributed by atoms with van der Waals surface area (Å²) >= 11 is 5.90. The number of nitriles is 1. The number of halogens is 1. The molecule has 1 aliphatic rings. The molecule has 24 heavy (non-hydrogen) atoms. The van der Waals surface area contributed by atoms with Gasteiger partial charge in [-0.25, -0.2) is 0 Å². The molecule has 3 rings (SSSR count). The Morgan fingerprint density at radius 2 is 2.12 bits per heavy atom. The van der Waals surface area contributed by atoms with E-state index >= 15 is 0 Å². The average molecular weight is 340 g/mol. The van der Waals surface area contributed by atoms with Gasteiger partial charge in [0.05, 0.1) is 0 Å². The van der Waals surface area contributed by atoms with Gasteiger partial charge in [0.15, 0.2) is 0 Å². The van der Waals surface area contributed by atoms with Crippen molar-refractivity contribution in [1.82, 2.24) is 4.57 Å².